The maximum atomic E-state index is 5.29. The zero-order valence-corrected chi connectivity index (χ0v) is 13.2. The van der Waals surface area contributed by atoms with Gasteiger partial charge in [0.2, 0.25) is 0 Å². The molecule has 1 unspecified atom stereocenters. The molecule has 0 spiro atoms. The maximum Gasteiger partial charge on any atom is 0.145 e. The largest absolute Gasteiger partial charge is 0.353 e. The van der Waals surface area contributed by atoms with Gasteiger partial charge in [-0.05, 0) is 25.7 Å². The summed E-state index contributed by atoms with van der Waals surface area (Å²) in [5.74, 6) is 0.897. The standard InChI is InChI=1S/C9H16NO.3C2H6/c1-8-3-5-10(6-4-8)9(2)7-11-9;3*1-2/h8H,2-7H2,1H3;3*1-2H3. The number of nitrogens with zero attached hydrogens (tertiary/aromatic N) is 1. The van der Waals surface area contributed by atoms with Crippen LogP contribution in [0.25, 0.3) is 0 Å². The van der Waals surface area contributed by atoms with Gasteiger partial charge in [0.1, 0.15) is 5.72 Å². The van der Waals surface area contributed by atoms with E-state index in [1.165, 1.54) is 25.9 Å². The van der Waals surface area contributed by atoms with Crippen molar-refractivity contribution in [3.8, 4) is 0 Å². The molecule has 2 saturated heterocycles. The van der Waals surface area contributed by atoms with Crippen LogP contribution in [0.1, 0.15) is 61.3 Å². The Kier molecular flexibility index (Phi) is 12.5. The fourth-order valence-electron chi connectivity index (χ4n) is 1.68. The third kappa shape index (κ3) is 7.05. The molecular formula is C15H34NO. The molecule has 2 aliphatic rings. The summed E-state index contributed by atoms with van der Waals surface area (Å²) in [6.45, 7) is 21.5. The van der Waals surface area contributed by atoms with Gasteiger partial charge in [0.15, 0.2) is 0 Å². The number of piperidine rings is 1. The van der Waals surface area contributed by atoms with Crippen molar-refractivity contribution in [3.63, 3.8) is 0 Å². The summed E-state index contributed by atoms with van der Waals surface area (Å²) in [5, 5.41) is 0. The molecule has 0 aromatic carbocycles. The van der Waals surface area contributed by atoms with Gasteiger partial charge in [-0.3, -0.25) is 4.90 Å². The molecule has 0 aromatic heterocycles. The monoisotopic (exact) mass is 244 g/mol. The highest BCUT2D eigenvalue weighted by Crippen LogP contribution is 2.33. The van der Waals surface area contributed by atoms with Crippen LogP contribution in [0.15, 0.2) is 0 Å². The number of ether oxygens (including phenoxy) is 1. The van der Waals surface area contributed by atoms with Crippen LogP contribution in [0.5, 0.6) is 0 Å². The van der Waals surface area contributed by atoms with Crippen molar-refractivity contribution in [2.24, 2.45) is 5.92 Å². The Balaban J connectivity index is 0. The van der Waals surface area contributed by atoms with E-state index in [-0.39, 0.29) is 5.72 Å². The van der Waals surface area contributed by atoms with Crippen molar-refractivity contribution in [2.75, 3.05) is 19.7 Å². The quantitative estimate of drug-likeness (QED) is 0.637. The van der Waals surface area contributed by atoms with E-state index in [2.05, 4.69) is 18.7 Å². The first kappa shape index (κ1) is 19.3. The Labute approximate surface area is 110 Å². The van der Waals surface area contributed by atoms with E-state index in [0.717, 1.165) is 12.5 Å². The van der Waals surface area contributed by atoms with Crippen molar-refractivity contribution >= 4 is 0 Å². The van der Waals surface area contributed by atoms with Crippen molar-refractivity contribution in [1.82, 2.24) is 4.90 Å². The fraction of sp³-hybridized carbons (Fsp3) is 0.933. The molecule has 0 N–H and O–H groups in total. The molecule has 2 heteroatoms. The fourth-order valence-corrected chi connectivity index (χ4v) is 1.68. The van der Waals surface area contributed by atoms with Crippen LogP contribution in [0, 0.1) is 12.8 Å². The Morgan fingerprint density at radius 2 is 1.35 bits per heavy atom. The van der Waals surface area contributed by atoms with Gasteiger partial charge in [0.05, 0.1) is 6.61 Å². The number of epoxide rings is 1. The Morgan fingerprint density at radius 3 is 1.65 bits per heavy atom. The van der Waals surface area contributed by atoms with Gasteiger partial charge in [-0.2, -0.15) is 0 Å². The minimum atomic E-state index is -0.111. The number of likely N-dealkylation sites (tertiary alicyclic amines) is 1. The number of hydrogen-bond donors (Lipinski definition) is 0. The molecule has 2 rings (SSSR count). The Bertz CT molecular complexity index is 147. The van der Waals surface area contributed by atoms with Crippen molar-refractivity contribution < 1.29 is 4.74 Å². The third-order valence-electron chi connectivity index (χ3n) is 2.84. The predicted molar refractivity (Wildman–Crippen MR) is 78.1 cm³/mol. The first-order valence-corrected chi connectivity index (χ1v) is 7.45. The Morgan fingerprint density at radius 1 is 1.00 bits per heavy atom. The van der Waals surface area contributed by atoms with Crippen molar-refractivity contribution in [1.29, 1.82) is 0 Å². The number of rotatable bonds is 1. The van der Waals surface area contributed by atoms with Gasteiger partial charge < -0.3 is 4.74 Å². The van der Waals surface area contributed by atoms with Crippen LogP contribution in [0.3, 0.4) is 0 Å². The van der Waals surface area contributed by atoms with Gasteiger partial charge >= 0.3 is 0 Å². The molecule has 17 heavy (non-hydrogen) atoms. The molecule has 0 aromatic rings. The van der Waals surface area contributed by atoms with Crippen LogP contribution in [0.4, 0.5) is 0 Å². The molecule has 1 radical (unpaired) electrons. The van der Waals surface area contributed by atoms with E-state index < -0.39 is 0 Å². The highest BCUT2D eigenvalue weighted by atomic mass is 16.6. The smallest absolute Gasteiger partial charge is 0.145 e. The second-order valence-electron chi connectivity index (χ2n) is 3.90. The molecule has 0 aliphatic carbocycles. The van der Waals surface area contributed by atoms with Gasteiger partial charge in [0.25, 0.3) is 0 Å². The lowest BCUT2D eigenvalue weighted by molar-refractivity contribution is 0.0778. The summed E-state index contributed by atoms with van der Waals surface area (Å²) in [6, 6.07) is 0. The molecule has 1 atom stereocenters. The minimum absolute atomic E-state index is 0.111. The van der Waals surface area contributed by atoms with Gasteiger partial charge in [0, 0.05) is 13.1 Å². The molecule has 0 saturated carbocycles. The minimum Gasteiger partial charge on any atom is -0.353 e. The first-order valence-electron chi connectivity index (χ1n) is 7.45. The average Bonchev–Trinajstić information content (AvgIpc) is 3.17. The lowest BCUT2D eigenvalue weighted by atomic mass is 9.98. The molecule has 2 nitrogen and oxygen atoms in total. The van der Waals surface area contributed by atoms with Gasteiger partial charge in [-0.1, -0.05) is 48.5 Å². The van der Waals surface area contributed by atoms with Crippen LogP contribution < -0.4 is 0 Å². The second-order valence-corrected chi connectivity index (χ2v) is 3.90. The normalized spacial score (nSPS) is 27.5. The SMILES string of the molecule is CC.CC.CC.[CH2]C1(N2CCC(C)CC2)CO1. The predicted octanol–water partition coefficient (Wildman–Crippen LogP) is 4.36. The zero-order valence-electron chi connectivity index (χ0n) is 13.2. The lowest BCUT2D eigenvalue weighted by Crippen LogP contribution is -2.42. The topological polar surface area (TPSA) is 15.8 Å². The summed E-state index contributed by atoms with van der Waals surface area (Å²) in [4.78, 5) is 2.37. The van der Waals surface area contributed by atoms with Crippen LogP contribution in [0.2, 0.25) is 0 Å². The van der Waals surface area contributed by atoms with Gasteiger partial charge in [-0.25, -0.2) is 0 Å². The van der Waals surface area contributed by atoms with Gasteiger partial charge in [-0.15, -0.1) is 0 Å². The van der Waals surface area contributed by atoms with Crippen LogP contribution >= 0.6 is 0 Å². The first-order chi connectivity index (χ1) is 8.21. The van der Waals surface area contributed by atoms with E-state index >= 15 is 0 Å². The molecule has 0 amide bonds. The third-order valence-corrected chi connectivity index (χ3v) is 2.84. The van der Waals surface area contributed by atoms with E-state index in [0.29, 0.717) is 0 Å². The zero-order chi connectivity index (χ0) is 13.9. The summed E-state index contributed by atoms with van der Waals surface area (Å²) in [7, 11) is 0. The molecule has 2 heterocycles. The maximum absolute atomic E-state index is 5.29. The molecular weight excluding hydrogens is 210 g/mol. The highest BCUT2D eigenvalue weighted by molar-refractivity contribution is 4.95. The summed E-state index contributed by atoms with van der Waals surface area (Å²) in [6.07, 6.45) is 2.61. The van der Waals surface area contributed by atoms with Crippen molar-refractivity contribution in [2.45, 2.75) is 67.0 Å². The van der Waals surface area contributed by atoms with E-state index in [9.17, 15) is 0 Å². The molecule has 2 fully saturated rings. The lowest BCUT2D eigenvalue weighted by Gasteiger charge is -2.32. The number of hydrogen-bond acceptors (Lipinski definition) is 2. The molecule has 2 aliphatic heterocycles. The summed E-state index contributed by atoms with van der Waals surface area (Å²) in [5.41, 5.74) is -0.111. The van der Waals surface area contributed by atoms with E-state index in [1.54, 1.807) is 0 Å². The second kappa shape index (κ2) is 11.0. The Hall–Kier alpha value is -0.0800. The average molecular weight is 244 g/mol. The van der Waals surface area contributed by atoms with Crippen molar-refractivity contribution in [3.05, 3.63) is 6.92 Å². The van der Waals surface area contributed by atoms with E-state index in [1.807, 2.05) is 41.5 Å². The van der Waals surface area contributed by atoms with Crippen LogP contribution in [-0.4, -0.2) is 30.3 Å². The summed E-state index contributed by atoms with van der Waals surface area (Å²) < 4.78 is 5.29. The van der Waals surface area contributed by atoms with E-state index in [4.69, 9.17) is 4.74 Å². The van der Waals surface area contributed by atoms with Crippen LogP contribution in [-0.2, 0) is 4.74 Å². The molecule has 105 valence electrons. The molecule has 0 bridgehead atoms. The highest BCUT2D eigenvalue weighted by Gasteiger charge is 2.45. The summed E-state index contributed by atoms with van der Waals surface area (Å²) >= 11 is 0.